The number of alkyl carbamates (subject to hydrolysis) is 1. The van der Waals surface area contributed by atoms with Crippen molar-refractivity contribution >= 4 is 23.9 Å². The molecule has 0 saturated heterocycles. The molecule has 3 atom stereocenters. The van der Waals surface area contributed by atoms with Gasteiger partial charge in [-0.05, 0) is 86.4 Å². The number of esters is 1. The fourth-order valence-electron chi connectivity index (χ4n) is 4.53. The van der Waals surface area contributed by atoms with E-state index < -0.39 is 58.7 Å². The van der Waals surface area contributed by atoms with Crippen molar-refractivity contribution in [3.63, 3.8) is 0 Å². The topological polar surface area (TPSA) is 114 Å². The maximum atomic E-state index is 14.4. The Morgan fingerprint density at radius 3 is 1.89 bits per heavy atom. The summed E-state index contributed by atoms with van der Waals surface area (Å²) < 4.78 is 11.0. The van der Waals surface area contributed by atoms with E-state index in [4.69, 9.17) is 15.9 Å². The number of carbonyl (C=O) groups excluding carboxylic acids is 4. The van der Waals surface area contributed by atoms with Gasteiger partial charge in [-0.15, -0.1) is 6.42 Å². The number of nitrogens with one attached hydrogen (secondary N) is 2. The van der Waals surface area contributed by atoms with E-state index in [0.29, 0.717) is 11.1 Å². The Morgan fingerprint density at radius 2 is 1.36 bits per heavy atom. The molecule has 3 amide bonds. The maximum absolute atomic E-state index is 14.4. The van der Waals surface area contributed by atoms with Crippen LogP contribution in [0.15, 0.2) is 54.6 Å². The number of hydrogen-bond acceptors (Lipinski definition) is 6. The summed E-state index contributed by atoms with van der Waals surface area (Å²) in [6.45, 7) is 17.2. The standard InChI is InChI=1S/C35H47N3O6/c1-12-25-20-16-17-21-26(25)28(38(33(3,4)5)30(40)23(2)36-32(42)44-35(9,10)11)29(39)37-27(31(41)43-34(6,7)8)22-24-18-14-13-15-19-24/h1,13-21,23,27-28H,22H2,2-11H3,(H,36,42)(H,37,39). The summed E-state index contributed by atoms with van der Waals surface area (Å²) in [5.74, 6) is 0.812. The SMILES string of the molecule is C#Cc1ccccc1C(C(=O)NC(Cc1ccccc1)C(=O)OC(C)(C)C)N(C(=O)C(C)NC(=O)OC(C)(C)C)C(C)(C)C. The number of terminal acetylenes is 1. The first-order valence-corrected chi connectivity index (χ1v) is 14.7. The van der Waals surface area contributed by atoms with Crippen LogP contribution in [0.25, 0.3) is 0 Å². The van der Waals surface area contributed by atoms with E-state index in [9.17, 15) is 19.2 Å². The van der Waals surface area contributed by atoms with Gasteiger partial charge < -0.3 is 25.0 Å². The molecule has 3 unspecified atom stereocenters. The van der Waals surface area contributed by atoms with Crippen LogP contribution in [0, 0.1) is 12.3 Å². The highest BCUT2D eigenvalue weighted by atomic mass is 16.6. The molecule has 0 saturated carbocycles. The highest BCUT2D eigenvalue weighted by Gasteiger charge is 2.42. The maximum Gasteiger partial charge on any atom is 0.408 e. The lowest BCUT2D eigenvalue weighted by atomic mass is 9.92. The van der Waals surface area contributed by atoms with Gasteiger partial charge in [0.15, 0.2) is 0 Å². The van der Waals surface area contributed by atoms with Gasteiger partial charge in [0, 0.05) is 17.5 Å². The van der Waals surface area contributed by atoms with Crippen LogP contribution in [0.1, 0.15) is 92.0 Å². The van der Waals surface area contributed by atoms with Crippen LogP contribution in [0.3, 0.4) is 0 Å². The van der Waals surface area contributed by atoms with Crippen molar-refractivity contribution in [3.8, 4) is 12.3 Å². The third-order valence-electron chi connectivity index (χ3n) is 6.27. The lowest BCUT2D eigenvalue weighted by Gasteiger charge is -2.43. The van der Waals surface area contributed by atoms with E-state index in [1.807, 2.05) is 30.3 Å². The number of amides is 3. The molecule has 0 heterocycles. The highest BCUT2D eigenvalue weighted by Crippen LogP contribution is 2.32. The summed E-state index contributed by atoms with van der Waals surface area (Å²) in [5, 5.41) is 5.45. The number of benzene rings is 2. The van der Waals surface area contributed by atoms with Crippen LogP contribution >= 0.6 is 0 Å². The molecule has 0 radical (unpaired) electrons. The van der Waals surface area contributed by atoms with Crippen molar-refractivity contribution in [2.75, 3.05) is 0 Å². The molecule has 0 aliphatic carbocycles. The van der Waals surface area contributed by atoms with Crippen LogP contribution in [-0.4, -0.2) is 57.6 Å². The number of ether oxygens (including phenoxy) is 2. The third kappa shape index (κ3) is 10.7. The van der Waals surface area contributed by atoms with Gasteiger partial charge in [0.05, 0.1) is 0 Å². The van der Waals surface area contributed by atoms with Gasteiger partial charge in [-0.2, -0.15) is 0 Å². The molecule has 2 aromatic carbocycles. The fourth-order valence-corrected chi connectivity index (χ4v) is 4.53. The lowest BCUT2D eigenvalue weighted by Crippen LogP contribution is -2.59. The smallest absolute Gasteiger partial charge is 0.408 e. The van der Waals surface area contributed by atoms with E-state index in [2.05, 4.69) is 16.6 Å². The van der Waals surface area contributed by atoms with Gasteiger partial charge in [0.1, 0.15) is 29.3 Å². The molecule has 238 valence electrons. The monoisotopic (exact) mass is 605 g/mol. The van der Waals surface area contributed by atoms with Crippen LogP contribution in [0.5, 0.6) is 0 Å². The third-order valence-corrected chi connectivity index (χ3v) is 6.27. The van der Waals surface area contributed by atoms with Crippen LogP contribution in [-0.2, 0) is 30.3 Å². The molecule has 0 spiro atoms. The molecule has 0 bridgehead atoms. The molecule has 9 heteroatoms. The second-order valence-electron chi connectivity index (χ2n) is 13.7. The zero-order chi connectivity index (χ0) is 33.5. The quantitative estimate of drug-likeness (QED) is 0.296. The average Bonchev–Trinajstić information content (AvgIpc) is 2.88. The summed E-state index contributed by atoms with van der Waals surface area (Å²) in [6, 6.07) is 12.7. The molecular weight excluding hydrogens is 558 g/mol. The van der Waals surface area contributed by atoms with E-state index in [1.54, 1.807) is 86.6 Å². The van der Waals surface area contributed by atoms with E-state index in [-0.39, 0.29) is 6.42 Å². The first-order chi connectivity index (χ1) is 20.2. The first-order valence-electron chi connectivity index (χ1n) is 14.7. The molecule has 0 aliphatic heterocycles. The molecule has 0 aromatic heterocycles. The molecule has 2 aromatic rings. The number of carbonyl (C=O) groups is 4. The minimum absolute atomic E-state index is 0.158. The predicted octanol–water partition coefficient (Wildman–Crippen LogP) is 5.32. The Morgan fingerprint density at radius 1 is 0.818 bits per heavy atom. The molecule has 44 heavy (non-hydrogen) atoms. The van der Waals surface area contributed by atoms with Gasteiger partial charge in [0.2, 0.25) is 11.8 Å². The summed E-state index contributed by atoms with van der Waals surface area (Å²) in [6.07, 6.45) is 5.23. The van der Waals surface area contributed by atoms with Crippen molar-refractivity contribution < 1.29 is 28.7 Å². The normalized spacial score (nSPS) is 13.8. The van der Waals surface area contributed by atoms with Crippen molar-refractivity contribution in [2.24, 2.45) is 0 Å². The van der Waals surface area contributed by atoms with Crippen molar-refractivity contribution in [1.82, 2.24) is 15.5 Å². The van der Waals surface area contributed by atoms with Gasteiger partial charge in [-0.25, -0.2) is 9.59 Å². The van der Waals surface area contributed by atoms with Gasteiger partial charge in [-0.1, -0.05) is 54.5 Å². The second kappa shape index (κ2) is 14.4. The molecule has 2 N–H and O–H groups in total. The van der Waals surface area contributed by atoms with Crippen molar-refractivity contribution in [1.29, 1.82) is 0 Å². The van der Waals surface area contributed by atoms with Crippen LogP contribution < -0.4 is 10.6 Å². The molecule has 0 fully saturated rings. The highest BCUT2D eigenvalue weighted by molar-refractivity contribution is 5.94. The Labute approximate surface area is 262 Å². The lowest BCUT2D eigenvalue weighted by molar-refractivity contribution is -0.159. The zero-order valence-corrected chi connectivity index (χ0v) is 27.6. The minimum Gasteiger partial charge on any atom is -0.458 e. The molecule has 0 aliphatic rings. The summed E-state index contributed by atoms with van der Waals surface area (Å²) in [5.41, 5.74) is -0.918. The summed E-state index contributed by atoms with van der Waals surface area (Å²) in [4.78, 5) is 55.9. The first kappa shape index (κ1) is 35.9. The number of nitrogens with zero attached hydrogens (tertiary/aromatic N) is 1. The minimum atomic E-state index is -1.27. The predicted molar refractivity (Wildman–Crippen MR) is 170 cm³/mol. The summed E-state index contributed by atoms with van der Waals surface area (Å²) in [7, 11) is 0. The van der Waals surface area contributed by atoms with E-state index in [0.717, 1.165) is 5.56 Å². The Hall–Kier alpha value is -4.32. The van der Waals surface area contributed by atoms with Gasteiger partial charge in [0.25, 0.3) is 0 Å². The van der Waals surface area contributed by atoms with Gasteiger partial charge in [-0.3, -0.25) is 9.59 Å². The molecule has 2 rings (SSSR count). The van der Waals surface area contributed by atoms with Crippen molar-refractivity contribution in [3.05, 3.63) is 71.3 Å². The Bertz CT molecular complexity index is 1360. The zero-order valence-electron chi connectivity index (χ0n) is 27.6. The molecular formula is C35H47N3O6. The van der Waals surface area contributed by atoms with Crippen LogP contribution in [0.4, 0.5) is 4.79 Å². The van der Waals surface area contributed by atoms with E-state index >= 15 is 0 Å². The van der Waals surface area contributed by atoms with Crippen LogP contribution in [0.2, 0.25) is 0 Å². The number of hydrogen-bond donors (Lipinski definition) is 2. The van der Waals surface area contributed by atoms with Crippen molar-refractivity contribution in [2.45, 2.75) is 111 Å². The molecule has 9 nitrogen and oxygen atoms in total. The van der Waals surface area contributed by atoms with Gasteiger partial charge >= 0.3 is 12.1 Å². The average molecular weight is 606 g/mol. The number of rotatable bonds is 9. The summed E-state index contributed by atoms with van der Waals surface area (Å²) >= 11 is 0. The Kier molecular flexibility index (Phi) is 11.8. The Balaban J connectivity index is 2.62. The van der Waals surface area contributed by atoms with E-state index in [1.165, 1.54) is 11.8 Å². The largest absolute Gasteiger partial charge is 0.458 e. The fraction of sp³-hybridized carbons (Fsp3) is 0.486. The second-order valence-corrected chi connectivity index (χ2v) is 13.7.